The van der Waals surface area contributed by atoms with Gasteiger partial charge >= 0.3 is 5.97 Å². The topological polar surface area (TPSA) is 111 Å². The number of nitrogens with one attached hydrogen (secondary N) is 1. The number of anilines is 2. The molecule has 0 aliphatic carbocycles. The molecule has 0 bridgehead atoms. The molecule has 1 amide bonds. The summed E-state index contributed by atoms with van der Waals surface area (Å²) in [5.41, 5.74) is 1.30. The van der Waals surface area contributed by atoms with E-state index in [9.17, 15) is 18.0 Å². The lowest BCUT2D eigenvalue weighted by Gasteiger charge is -2.26. The van der Waals surface area contributed by atoms with Gasteiger partial charge in [0.1, 0.15) is 18.0 Å². The average Bonchev–Trinajstić information content (AvgIpc) is 2.88. The Morgan fingerprint density at radius 2 is 1.67 bits per heavy atom. The number of ether oxygens (including phenoxy) is 3. The first-order valence-corrected chi connectivity index (χ1v) is 12.5. The zero-order valence-corrected chi connectivity index (χ0v) is 21.3. The number of carbonyl (C=O) groups excluding carboxylic acids is 2. The van der Waals surface area contributed by atoms with Crippen molar-refractivity contribution in [2.24, 2.45) is 0 Å². The van der Waals surface area contributed by atoms with Gasteiger partial charge in [-0.15, -0.1) is 0 Å². The number of esters is 1. The van der Waals surface area contributed by atoms with E-state index in [1.807, 2.05) is 0 Å². The van der Waals surface area contributed by atoms with Crippen molar-refractivity contribution in [1.82, 2.24) is 0 Å². The number of carbonyl (C=O) groups is 2. The van der Waals surface area contributed by atoms with Gasteiger partial charge in [0.05, 0.1) is 37.0 Å². The van der Waals surface area contributed by atoms with Crippen LogP contribution < -0.4 is 19.1 Å². The molecule has 190 valence electrons. The first-order valence-electron chi connectivity index (χ1n) is 11.1. The van der Waals surface area contributed by atoms with Crippen LogP contribution >= 0.6 is 0 Å². The lowest BCUT2D eigenvalue weighted by Crippen LogP contribution is -2.38. The van der Waals surface area contributed by atoms with E-state index in [0.717, 1.165) is 4.31 Å². The Morgan fingerprint density at radius 1 is 0.944 bits per heavy atom. The first-order chi connectivity index (χ1) is 17.2. The summed E-state index contributed by atoms with van der Waals surface area (Å²) in [7, 11) is -1.32. The molecule has 0 aliphatic heterocycles. The second-order valence-corrected chi connectivity index (χ2v) is 9.47. The SMILES string of the molecule is CCOC(=O)c1cccc(NC(=O)CN(c2cc(OC)ccc2OC)S(=O)(=O)c2ccccc2)c1C. The summed E-state index contributed by atoms with van der Waals surface area (Å²) in [6.45, 7) is 3.02. The van der Waals surface area contributed by atoms with Gasteiger partial charge in [-0.25, -0.2) is 13.2 Å². The molecule has 9 nitrogen and oxygen atoms in total. The highest BCUT2D eigenvalue weighted by molar-refractivity contribution is 7.92. The predicted molar refractivity (Wildman–Crippen MR) is 136 cm³/mol. The van der Waals surface area contributed by atoms with Crippen LogP contribution in [-0.4, -0.2) is 47.7 Å². The number of sulfonamides is 1. The summed E-state index contributed by atoms with van der Waals surface area (Å²) in [5, 5.41) is 2.71. The summed E-state index contributed by atoms with van der Waals surface area (Å²) in [5.74, 6) is -0.509. The molecular weight excluding hydrogens is 484 g/mol. The summed E-state index contributed by atoms with van der Waals surface area (Å²) >= 11 is 0. The number of rotatable bonds is 10. The molecule has 0 spiro atoms. The summed E-state index contributed by atoms with van der Waals surface area (Å²) in [6, 6.07) is 17.3. The minimum Gasteiger partial charge on any atom is -0.497 e. The molecule has 0 saturated heterocycles. The maximum Gasteiger partial charge on any atom is 0.338 e. The minimum absolute atomic E-state index is 0.00293. The number of methoxy groups -OCH3 is 2. The van der Waals surface area contributed by atoms with Crippen molar-refractivity contribution >= 4 is 33.3 Å². The quantitative estimate of drug-likeness (QED) is 0.409. The molecule has 0 atom stereocenters. The third-order valence-corrected chi connectivity index (χ3v) is 7.15. The number of nitrogens with zero attached hydrogens (tertiary/aromatic N) is 1. The van der Waals surface area contributed by atoms with Crippen LogP contribution in [0.5, 0.6) is 11.5 Å². The maximum atomic E-state index is 13.7. The Kier molecular flexibility index (Phi) is 8.55. The third-order valence-electron chi connectivity index (χ3n) is 5.38. The third kappa shape index (κ3) is 5.77. The van der Waals surface area contributed by atoms with Crippen LogP contribution in [0, 0.1) is 6.92 Å². The fourth-order valence-corrected chi connectivity index (χ4v) is 4.98. The number of amides is 1. The van der Waals surface area contributed by atoms with Crippen molar-refractivity contribution in [1.29, 1.82) is 0 Å². The highest BCUT2D eigenvalue weighted by atomic mass is 32.2. The van der Waals surface area contributed by atoms with Crippen molar-refractivity contribution < 1.29 is 32.2 Å². The Bertz CT molecular complexity index is 1340. The van der Waals surface area contributed by atoms with Gasteiger partial charge in [-0.05, 0) is 55.8 Å². The zero-order chi connectivity index (χ0) is 26.3. The first kappa shape index (κ1) is 26.6. The second-order valence-electron chi connectivity index (χ2n) is 7.61. The molecule has 1 N–H and O–H groups in total. The van der Waals surface area contributed by atoms with Crippen LogP contribution in [0.25, 0.3) is 0 Å². The summed E-state index contributed by atoms with van der Waals surface area (Å²) in [4.78, 5) is 25.4. The van der Waals surface area contributed by atoms with Crippen molar-refractivity contribution in [2.45, 2.75) is 18.7 Å². The van der Waals surface area contributed by atoms with Gasteiger partial charge in [0.15, 0.2) is 0 Å². The van der Waals surface area contributed by atoms with Gasteiger partial charge in [-0.1, -0.05) is 24.3 Å². The fourth-order valence-electron chi connectivity index (χ4n) is 3.53. The number of hydrogen-bond acceptors (Lipinski definition) is 7. The van der Waals surface area contributed by atoms with E-state index in [0.29, 0.717) is 22.6 Å². The Morgan fingerprint density at radius 3 is 2.31 bits per heavy atom. The van der Waals surface area contributed by atoms with Crippen molar-refractivity contribution in [3.63, 3.8) is 0 Å². The van der Waals surface area contributed by atoms with Crippen molar-refractivity contribution in [3.05, 3.63) is 77.9 Å². The summed E-state index contributed by atoms with van der Waals surface area (Å²) in [6.07, 6.45) is 0. The monoisotopic (exact) mass is 512 g/mol. The normalized spacial score (nSPS) is 10.9. The van der Waals surface area contributed by atoms with E-state index in [-0.39, 0.29) is 22.9 Å². The second kappa shape index (κ2) is 11.6. The molecule has 3 aromatic rings. The minimum atomic E-state index is -4.18. The molecule has 0 aliphatic rings. The van der Waals surface area contributed by atoms with Crippen molar-refractivity contribution in [3.8, 4) is 11.5 Å². The largest absolute Gasteiger partial charge is 0.497 e. The standard InChI is InChI=1S/C26H28N2O7S/c1-5-35-26(30)21-12-9-13-22(18(21)2)27-25(29)17-28(36(31,32)20-10-7-6-8-11-20)23-16-19(33-3)14-15-24(23)34-4/h6-16H,5,17H2,1-4H3,(H,27,29). The molecule has 0 saturated carbocycles. The van der Waals surface area contributed by atoms with Crippen LogP contribution in [0.4, 0.5) is 11.4 Å². The molecule has 0 radical (unpaired) electrons. The molecule has 3 aromatic carbocycles. The Labute approximate surface area is 210 Å². The van der Waals surface area contributed by atoms with Gasteiger partial charge in [0.2, 0.25) is 5.91 Å². The van der Waals surface area contributed by atoms with E-state index in [1.54, 1.807) is 62.4 Å². The maximum absolute atomic E-state index is 13.7. The molecule has 3 rings (SSSR count). The van der Waals surface area contributed by atoms with E-state index in [1.165, 1.54) is 32.4 Å². The molecule has 10 heteroatoms. The zero-order valence-electron chi connectivity index (χ0n) is 20.5. The van der Waals surface area contributed by atoms with E-state index in [4.69, 9.17) is 14.2 Å². The molecule has 0 fully saturated rings. The number of benzene rings is 3. The van der Waals surface area contributed by atoms with Crippen LogP contribution in [0.2, 0.25) is 0 Å². The molecular formula is C26H28N2O7S. The Hall–Kier alpha value is -4.05. The average molecular weight is 513 g/mol. The van der Waals surface area contributed by atoms with Gasteiger partial charge < -0.3 is 19.5 Å². The lowest BCUT2D eigenvalue weighted by molar-refractivity contribution is -0.114. The van der Waals surface area contributed by atoms with Gasteiger partial charge in [-0.2, -0.15) is 0 Å². The van der Waals surface area contributed by atoms with Gasteiger partial charge in [0, 0.05) is 11.8 Å². The Balaban J connectivity index is 2.01. The molecule has 0 unspecified atom stereocenters. The lowest BCUT2D eigenvalue weighted by atomic mass is 10.1. The van der Waals surface area contributed by atoms with E-state index in [2.05, 4.69) is 5.32 Å². The predicted octanol–water partition coefficient (Wildman–Crippen LogP) is 4.02. The van der Waals surface area contributed by atoms with Gasteiger partial charge in [-0.3, -0.25) is 9.10 Å². The van der Waals surface area contributed by atoms with E-state index < -0.39 is 28.4 Å². The van der Waals surface area contributed by atoms with Crippen LogP contribution in [0.15, 0.2) is 71.6 Å². The molecule has 0 aromatic heterocycles. The highest BCUT2D eigenvalue weighted by Gasteiger charge is 2.30. The smallest absolute Gasteiger partial charge is 0.338 e. The van der Waals surface area contributed by atoms with Crippen LogP contribution in [0.3, 0.4) is 0 Å². The van der Waals surface area contributed by atoms with Crippen molar-refractivity contribution in [2.75, 3.05) is 37.0 Å². The fraction of sp³-hybridized carbons (Fsp3) is 0.231. The van der Waals surface area contributed by atoms with Gasteiger partial charge in [0.25, 0.3) is 10.0 Å². The molecule has 36 heavy (non-hydrogen) atoms. The summed E-state index contributed by atoms with van der Waals surface area (Å²) < 4.78 is 44.0. The number of hydrogen-bond donors (Lipinski definition) is 1. The van der Waals surface area contributed by atoms with Crippen LogP contribution in [0.1, 0.15) is 22.8 Å². The molecule has 0 heterocycles. The highest BCUT2D eigenvalue weighted by Crippen LogP contribution is 2.35. The van der Waals surface area contributed by atoms with Crippen LogP contribution in [-0.2, 0) is 19.6 Å². The van der Waals surface area contributed by atoms with E-state index >= 15 is 0 Å².